The van der Waals surface area contributed by atoms with Crippen molar-refractivity contribution in [3.63, 3.8) is 0 Å². The monoisotopic (exact) mass is 482 g/mol. The number of aliphatic hydroxyl groups is 1. The molecule has 0 aromatic rings. The van der Waals surface area contributed by atoms with Gasteiger partial charge in [-0.2, -0.15) is 0 Å². The number of hydrogen-bond donors (Lipinski definition) is 1. The van der Waals surface area contributed by atoms with Gasteiger partial charge in [-0.3, -0.25) is 4.90 Å². The highest BCUT2D eigenvalue weighted by Gasteiger charge is 2.38. The largest absolute Gasteiger partial charge is 0.388 e. The van der Waals surface area contributed by atoms with Crippen molar-refractivity contribution in [1.29, 1.82) is 0 Å². The summed E-state index contributed by atoms with van der Waals surface area (Å²) in [5.74, 6) is 3.40. The summed E-state index contributed by atoms with van der Waals surface area (Å²) in [4.78, 5) is 5.45. The molecule has 2 saturated heterocycles. The Kier molecular flexibility index (Phi) is 11.9. The van der Waals surface area contributed by atoms with Gasteiger partial charge in [0.25, 0.3) is 0 Å². The number of aliphatic hydroxyl groups excluding tert-OH is 1. The third-order valence-electron chi connectivity index (χ3n) is 9.36. The molecular weight excluding hydrogens is 428 g/mol. The van der Waals surface area contributed by atoms with Gasteiger partial charge < -0.3 is 10.0 Å². The Morgan fingerprint density at radius 2 is 1.31 bits per heavy atom. The van der Waals surface area contributed by atoms with Crippen LogP contribution in [0.3, 0.4) is 0 Å². The van der Waals surface area contributed by atoms with Gasteiger partial charge in [0.05, 0.1) is 6.10 Å². The van der Waals surface area contributed by atoms with Crippen LogP contribution in [0.1, 0.15) is 96.3 Å². The molecule has 3 nitrogen and oxygen atoms in total. The van der Waals surface area contributed by atoms with Crippen molar-refractivity contribution in [3.05, 3.63) is 36.5 Å². The second-order valence-electron chi connectivity index (χ2n) is 12.2. The van der Waals surface area contributed by atoms with Crippen LogP contribution in [0, 0.1) is 23.7 Å². The van der Waals surface area contributed by atoms with Gasteiger partial charge in [-0.15, -0.1) is 0 Å². The van der Waals surface area contributed by atoms with E-state index in [0.29, 0.717) is 0 Å². The average Bonchev–Trinajstić information content (AvgIpc) is 2.85. The van der Waals surface area contributed by atoms with E-state index in [0.717, 1.165) is 30.2 Å². The van der Waals surface area contributed by atoms with Gasteiger partial charge in [0, 0.05) is 32.7 Å². The van der Waals surface area contributed by atoms with Crippen LogP contribution < -0.4 is 0 Å². The predicted octanol–water partition coefficient (Wildman–Crippen LogP) is 6.99. The van der Waals surface area contributed by atoms with Crippen LogP contribution in [-0.4, -0.2) is 60.3 Å². The number of nitrogens with zero attached hydrogens (tertiary/aromatic N) is 2. The van der Waals surface area contributed by atoms with E-state index >= 15 is 0 Å². The Morgan fingerprint density at radius 3 is 2.20 bits per heavy atom. The Balaban J connectivity index is 1.51. The van der Waals surface area contributed by atoms with Crippen molar-refractivity contribution in [1.82, 2.24) is 9.80 Å². The molecule has 0 saturated carbocycles. The minimum atomic E-state index is -0.346. The zero-order valence-corrected chi connectivity index (χ0v) is 22.5. The van der Waals surface area contributed by atoms with Gasteiger partial charge in [0.1, 0.15) is 0 Å². The van der Waals surface area contributed by atoms with E-state index in [1.54, 1.807) is 0 Å². The first-order chi connectivity index (χ1) is 17.3. The Hall–Kier alpha value is -0.900. The standard InChI is InChI=1S/C32H54N2O/c35-31-19-15-11-7-2-1-6-10-14-18-29-25-33-21-16-12-8-4-3-5-9-13-17-28-23-30(32(29)20-22-33)26-34(24-28)27-31/h7-8,11-12,15,19,28-32,35H,1-6,9-10,13-14,16-18,20-27H2/b11-7+,12-8+,19-15-/t28-,29+,30+,31-,32+/m1/s1. The lowest BCUT2D eigenvalue weighted by Crippen LogP contribution is -2.50. The number of fused-ring (bicyclic) bond motifs is 10. The second-order valence-corrected chi connectivity index (χ2v) is 12.2. The summed E-state index contributed by atoms with van der Waals surface area (Å²) in [6, 6.07) is 0. The van der Waals surface area contributed by atoms with Crippen molar-refractivity contribution < 1.29 is 5.11 Å². The summed E-state index contributed by atoms with van der Waals surface area (Å²) < 4.78 is 0. The molecule has 0 spiro atoms. The van der Waals surface area contributed by atoms with Gasteiger partial charge in [-0.05, 0) is 88.0 Å². The van der Waals surface area contributed by atoms with E-state index in [-0.39, 0.29) is 6.10 Å². The molecule has 35 heavy (non-hydrogen) atoms. The number of allylic oxidation sites excluding steroid dienone is 4. The molecule has 7 atom stereocenters. The van der Waals surface area contributed by atoms with Crippen molar-refractivity contribution in [3.8, 4) is 0 Å². The lowest BCUT2D eigenvalue weighted by Gasteiger charge is -2.47. The van der Waals surface area contributed by atoms with E-state index in [1.165, 1.54) is 129 Å². The topological polar surface area (TPSA) is 26.7 Å². The molecule has 2 unspecified atom stereocenters. The highest BCUT2D eigenvalue weighted by atomic mass is 16.3. The Labute approximate surface area is 216 Å². The normalized spacial score (nSPS) is 41.6. The lowest BCUT2D eigenvalue weighted by molar-refractivity contribution is 0.00963. The third kappa shape index (κ3) is 9.48. The maximum Gasteiger partial charge on any atom is 0.0850 e. The first-order valence-corrected chi connectivity index (χ1v) is 15.4. The van der Waals surface area contributed by atoms with Crippen LogP contribution in [0.15, 0.2) is 36.5 Å². The smallest absolute Gasteiger partial charge is 0.0850 e. The average molecular weight is 483 g/mol. The summed E-state index contributed by atoms with van der Waals surface area (Å²) >= 11 is 0. The molecule has 0 aliphatic carbocycles. The summed E-state index contributed by atoms with van der Waals surface area (Å²) in [7, 11) is 0. The summed E-state index contributed by atoms with van der Waals surface area (Å²) in [5, 5.41) is 10.8. The molecule has 5 heterocycles. The number of piperidine rings is 2. The molecule has 2 fully saturated rings. The van der Waals surface area contributed by atoms with E-state index in [4.69, 9.17) is 0 Å². The van der Waals surface area contributed by atoms with Gasteiger partial charge in [0.15, 0.2) is 0 Å². The maximum absolute atomic E-state index is 10.8. The summed E-state index contributed by atoms with van der Waals surface area (Å²) in [6.07, 6.45) is 33.4. The molecule has 5 aliphatic heterocycles. The fourth-order valence-corrected chi connectivity index (χ4v) is 7.53. The first-order valence-electron chi connectivity index (χ1n) is 15.4. The molecule has 0 radical (unpaired) electrons. The first kappa shape index (κ1) is 27.1. The highest BCUT2D eigenvalue weighted by Crippen LogP contribution is 2.40. The maximum atomic E-state index is 10.8. The molecule has 0 aromatic heterocycles. The van der Waals surface area contributed by atoms with Crippen LogP contribution in [0.2, 0.25) is 0 Å². The van der Waals surface area contributed by atoms with Crippen molar-refractivity contribution >= 4 is 0 Å². The van der Waals surface area contributed by atoms with Crippen LogP contribution in [0.4, 0.5) is 0 Å². The minimum absolute atomic E-state index is 0.346. The Bertz CT molecular complexity index is 670. The molecule has 1 N–H and O–H groups in total. The van der Waals surface area contributed by atoms with E-state index in [1.807, 2.05) is 6.08 Å². The molecule has 3 heteroatoms. The van der Waals surface area contributed by atoms with Crippen LogP contribution in [0.5, 0.6) is 0 Å². The van der Waals surface area contributed by atoms with Crippen molar-refractivity contribution in [2.75, 3.05) is 39.3 Å². The van der Waals surface area contributed by atoms with Gasteiger partial charge in [-0.1, -0.05) is 75.0 Å². The van der Waals surface area contributed by atoms with Gasteiger partial charge in [-0.25, -0.2) is 0 Å². The predicted molar refractivity (Wildman–Crippen MR) is 150 cm³/mol. The van der Waals surface area contributed by atoms with E-state index in [2.05, 4.69) is 40.2 Å². The highest BCUT2D eigenvalue weighted by molar-refractivity contribution is 5.05. The third-order valence-corrected chi connectivity index (χ3v) is 9.36. The van der Waals surface area contributed by atoms with Crippen molar-refractivity contribution in [2.24, 2.45) is 23.7 Å². The molecule has 198 valence electrons. The molecular formula is C32H54N2O. The second kappa shape index (κ2) is 15.4. The minimum Gasteiger partial charge on any atom is -0.388 e. The zero-order valence-electron chi connectivity index (χ0n) is 22.5. The fraction of sp³-hybridized carbons (Fsp3) is 0.812. The Morgan fingerprint density at radius 1 is 0.571 bits per heavy atom. The summed E-state index contributed by atoms with van der Waals surface area (Å²) in [6.45, 7) is 7.10. The molecule has 0 aromatic carbocycles. The molecule has 5 aliphatic rings. The van der Waals surface area contributed by atoms with Crippen LogP contribution in [-0.2, 0) is 0 Å². The lowest BCUT2D eigenvalue weighted by atomic mass is 9.69. The SMILES string of the molecule is O[C@@H]1/C=C\C=C\CCCCCC[C@H]2CN3CC/C=C/CCCCCC[C@@H]4C[C@@H](CN(C4)C1)[C@H]2CC3. The van der Waals surface area contributed by atoms with E-state index in [9.17, 15) is 5.11 Å². The van der Waals surface area contributed by atoms with Gasteiger partial charge >= 0.3 is 0 Å². The quantitative estimate of drug-likeness (QED) is 0.377. The number of hydrogen-bond acceptors (Lipinski definition) is 3. The molecule has 6 bridgehead atoms. The number of rotatable bonds is 0. The van der Waals surface area contributed by atoms with Crippen molar-refractivity contribution in [2.45, 2.75) is 102 Å². The van der Waals surface area contributed by atoms with Crippen LogP contribution >= 0.6 is 0 Å². The zero-order chi connectivity index (χ0) is 24.1. The molecule has 5 rings (SSSR count). The fourth-order valence-electron chi connectivity index (χ4n) is 7.53. The van der Waals surface area contributed by atoms with Crippen LogP contribution in [0.25, 0.3) is 0 Å². The summed E-state index contributed by atoms with van der Waals surface area (Å²) in [5.41, 5.74) is 0. The van der Waals surface area contributed by atoms with E-state index < -0.39 is 0 Å². The molecule has 0 amide bonds. The van der Waals surface area contributed by atoms with Gasteiger partial charge in [0.2, 0.25) is 0 Å².